The molecule has 5 rings (SSSR count). The number of aryl methyl sites for hydroxylation is 1. The molecule has 0 spiro atoms. The van der Waals surface area contributed by atoms with Crippen LogP contribution in [0.3, 0.4) is 0 Å². The average molecular weight is 563 g/mol. The number of halogens is 1. The number of hydrogen-bond acceptors (Lipinski definition) is 5. The van der Waals surface area contributed by atoms with Gasteiger partial charge in [0, 0.05) is 22.7 Å². The SMILES string of the molecule is Cc1ccc(Sc2ccc([C@@H]3[C@@H](c4ccccn4)NC(=S)N3c3ccc(NC(=O)C(C)C)c(Cl)c3)o2)cc1. The molecule has 38 heavy (non-hydrogen) atoms. The van der Waals surface area contributed by atoms with Gasteiger partial charge in [0.25, 0.3) is 0 Å². The number of anilines is 2. The molecule has 0 radical (unpaired) electrons. The quantitative estimate of drug-likeness (QED) is 0.225. The number of thiocarbonyl (C=S) groups is 1. The van der Waals surface area contributed by atoms with Crippen molar-refractivity contribution in [3.05, 3.63) is 101 Å². The van der Waals surface area contributed by atoms with Crippen molar-refractivity contribution in [3.8, 4) is 0 Å². The predicted octanol–water partition coefficient (Wildman–Crippen LogP) is 7.56. The van der Waals surface area contributed by atoms with Gasteiger partial charge in [-0.1, -0.05) is 61.0 Å². The van der Waals surface area contributed by atoms with Crippen LogP contribution in [-0.4, -0.2) is 16.0 Å². The number of rotatable bonds is 7. The second kappa shape index (κ2) is 11.2. The smallest absolute Gasteiger partial charge is 0.226 e. The first-order valence-electron chi connectivity index (χ1n) is 12.3. The molecule has 0 saturated carbocycles. The van der Waals surface area contributed by atoms with Crippen LogP contribution in [0, 0.1) is 12.8 Å². The van der Waals surface area contributed by atoms with Crippen LogP contribution in [0.25, 0.3) is 0 Å². The standard InChI is InChI=1S/C29H27ClN4O2S2/c1-17(2)28(35)32-22-12-9-19(16-21(22)30)34-27(26(33-29(34)37)23-6-4-5-15-31-23)24-13-14-25(36-24)38-20-10-7-18(3)8-11-20/h4-17,26-27H,1-3H3,(H,32,35)(H,33,37)/t26-,27-/m1/s1. The minimum Gasteiger partial charge on any atom is -0.452 e. The van der Waals surface area contributed by atoms with Gasteiger partial charge in [0.1, 0.15) is 11.8 Å². The highest BCUT2D eigenvalue weighted by atomic mass is 35.5. The number of amides is 1. The summed E-state index contributed by atoms with van der Waals surface area (Å²) >= 11 is 14.0. The van der Waals surface area contributed by atoms with Gasteiger partial charge in [-0.2, -0.15) is 0 Å². The van der Waals surface area contributed by atoms with Crippen molar-refractivity contribution in [1.82, 2.24) is 10.3 Å². The second-order valence-electron chi connectivity index (χ2n) is 9.38. The lowest BCUT2D eigenvalue weighted by Crippen LogP contribution is -2.29. The molecule has 3 heterocycles. The Balaban J connectivity index is 1.49. The van der Waals surface area contributed by atoms with Crippen LogP contribution < -0.4 is 15.5 Å². The number of pyridine rings is 1. The topological polar surface area (TPSA) is 70.4 Å². The number of carbonyl (C=O) groups is 1. The Morgan fingerprint density at radius 3 is 2.61 bits per heavy atom. The first-order valence-corrected chi connectivity index (χ1v) is 13.9. The van der Waals surface area contributed by atoms with Gasteiger partial charge in [0.05, 0.1) is 22.4 Å². The minimum absolute atomic E-state index is 0.0969. The molecule has 1 saturated heterocycles. The molecule has 0 unspecified atom stereocenters. The molecule has 4 aromatic rings. The molecule has 1 aliphatic rings. The van der Waals surface area contributed by atoms with Crippen LogP contribution in [-0.2, 0) is 4.79 Å². The van der Waals surface area contributed by atoms with E-state index in [-0.39, 0.29) is 23.9 Å². The lowest BCUT2D eigenvalue weighted by Gasteiger charge is -2.26. The van der Waals surface area contributed by atoms with Crippen LogP contribution in [0.4, 0.5) is 11.4 Å². The lowest BCUT2D eigenvalue weighted by molar-refractivity contribution is -0.118. The van der Waals surface area contributed by atoms with Gasteiger partial charge in [-0.05, 0) is 73.7 Å². The summed E-state index contributed by atoms with van der Waals surface area (Å²) < 4.78 is 6.39. The van der Waals surface area contributed by atoms with E-state index >= 15 is 0 Å². The maximum Gasteiger partial charge on any atom is 0.226 e. The Hall–Kier alpha value is -3.33. The molecule has 1 fully saturated rings. The van der Waals surface area contributed by atoms with Crippen molar-refractivity contribution in [1.29, 1.82) is 0 Å². The molecule has 1 amide bonds. The summed E-state index contributed by atoms with van der Waals surface area (Å²) in [5.74, 6) is 0.492. The minimum atomic E-state index is -0.308. The zero-order valence-electron chi connectivity index (χ0n) is 21.1. The molecule has 2 aromatic heterocycles. The zero-order valence-corrected chi connectivity index (χ0v) is 23.5. The molecule has 2 aromatic carbocycles. The van der Waals surface area contributed by atoms with E-state index in [4.69, 9.17) is 28.2 Å². The Bertz CT molecular complexity index is 1460. The third-order valence-electron chi connectivity index (χ3n) is 6.24. The first-order chi connectivity index (χ1) is 18.3. The summed E-state index contributed by atoms with van der Waals surface area (Å²) in [7, 11) is 0. The summed E-state index contributed by atoms with van der Waals surface area (Å²) in [6.07, 6.45) is 1.77. The highest BCUT2D eigenvalue weighted by Crippen LogP contribution is 2.44. The van der Waals surface area contributed by atoms with Crippen molar-refractivity contribution in [3.63, 3.8) is 0 Å². The normalized spacial score (nSPS) is 17.1. The van der Waals surface area contributed by atoms with Crippen LogP contribution >= 0.6 is 35.6 Å². The van der Waals surface area contributed by atoms with Crippen molar-refractivity contribution in [2.45, 2.75) is 42.8 Å². The third-order valence-corrected chi connectivity index (χ3v) is 7.80. The number of carbonyl (C=O) groups excluding carboxylic acids is 1. The Morgan fingerprint density at radius 2 is 1.92 bits per heavy atom. The van der Waals surface area contributed by atoms with Crippen LogP contribution in [0.15, 0.2) is 93.4 Å². The van der Waals surface area contributed by atoms with E-state index in [1.807, 2.05) is 61.2 Å². The van der Waals surface area contributed by atoms with E-state index in [9.17, 15) is 4.79 Å². The molecule has 9 heteroatoms. The van der Waals surface area contributed by atoms with Crippen LogP contribution in [0.5, 0.6) is 0 Å². The highest BCUT2D eigenvalue weighted by molar-refractivity contribution is 7.99. The van der Waals surface area contributed by atoms with Gasteiger partial charge < -0.3 is 20.0 Å². The van der Waals surface area contributed by atoms with Gasteiger partial charge in [0.2, 0.25) is 5.91 Å². The van der Waals surface area contributed by atoms with E-state index in [0.29, 0.717) is 15.8 Å². The number of nitrogens with one attached hydrogen (secondary N) is 2. The monoisotopic (exact) mass is 562 g/mol. The predicted molar refractivity (Wildman–Crippen MR) is 157 cm³/mol. The third kappa shape index (κ3) is 5.57. The Labute approximate surface area is 236 Å². The molecule has 194 valence electrons. The van der Waals surface area contributed by atoms with E-state index in [1.54, 1.807) is 24.0 Å². The molecule has 2 N–H and O–H groups in total. The Kier molecular flexibility index (Phi) is 7.74. The number of nitrogens with zero attached hydrogens (tertiary/aromatic N) is 2. The number of furan rings is 1. The fourth-order valence-electron chi connectivity index (χ4n) is 4.22. The van der Waals surface area contributed by atoms with E-state index in [0.717, 1.165) is 27.1 Å². The first kappa shape index (κ1) is 26.3. The van der Waals surface area contributed by atoms with Crippen molar-refractivity contribution in [2.24, 2.45) is 5.92 Å². The summed E-state index contributed by atoms with van der Waals surface area (Å²) in [5, 5.41) is 8.05. The second-order valence-corrected chi connectivity index (χ2v) is 11.2. The number of aromatic nitrogens is 1. The van der Waals surface area contributed by atoms with Gasteiger partial charge in [-0.15, -0.1) is 0 Å². The van der Waals surface area contributed by atoms with Gasteiger partial charge >= 0.3 is 0 Å². The summed E-state index contributed by atoms with van der Waals surface area (Å²) in [5.41, 5.74) is 3.39. The Morgan fingerprint density at radius 1 is 1.13 bits per heavy atom. The number of benzene rings is 2. The maximum absolute atomic E-state index is 12.2. The molecule has 6 nitrogen and oxygen atoms in total. The largest absolute Gasteiger partial charge is 0.452 e. The fraction of sp³-hybridized carbons (Fsp3) is 0.207. The molecule has 1 aliphatic heterocycles. The maximum atomic E-state index is 12.2. The van der Waals surface area contributed by atoms with Gasteiger partial charge in [0.15, 0.2) is 10.2 Å². The van der Waals surface area contributed by atoms with E-state index in [2.05, 4.69) is 46.8 Å². The fourth-order valence-corrected chi connectivity index (χ4v) is 5.57. The highest BCUT2D eigenvalue weighted by Gasteiger charge is 2.42. The van der Waals surface area contributed by atoms with E-state index < -0.39 is 0 Å². The lowest BCUT2D eigenvalue weighted by atomic mass is 10.0. The average Bonchev–Trinajstić information content (AvgIpc) is 3.51. The summed E-state index contributed by atoms with van der Waals surface area (Å²) in [6.45, 7) is 5.74. The van der Waals surface area contributed by atoms with Gasteiger partial charge in [-0.25, -0.2) is 0 Å². The van der Waals surface area contributed by atoms with Gasteiger partial charge in [-0.3, -0.25) is 9.78 Å². The molecule has 0 bridgehead atoms. The molecule has 2 atom stereocenters. The molecular weight excluding hydrogens is 536 g/mol. The van der Waals surface area contributed by atoms with Crippen molar-refractivity contribution >= 4 is 58.0 Å². The summed E-state index contributed by atoms with van der Waals surface area (Å²) in [4.78, 5) is 19.9. The zero-order chi connectivity index (χ0) is 26.8. The number of hydrogen-bond donors (Lipinski definition) is 2. The van der Waals surface area contributed by atoms with E-state index in [1.165, 1.54) is 5.56 Å². The van der Waals surface area contributed by atoms with Crippen molar-refractivity contribution in [2.75, 3.05) is 10.2 Å². The van der Waals surface area contributed by atoms with Crippen LogP contribution in [0.2, 0.25) is 5.02 Å². The van der Waals surface area contributed by atoms with Crippen molar-refractivity contribution < 1.29 is 9.21 Å². The molecule has 0 aliphatic carbocycles. The van der Waals surface area contributed by atoms with Crippen LogP contribution in [0.1, 0.15) is 42.9 Å². The molecular formula is C29H27ClN4O2S2. The summed E-state index contributed by atoms with van der Waals surface area (Å²) in [6, 6.07) is 23.1.